The third kappa shape index (κ3) is 5.90. The van der Waals surface area contributed by atoms with Gasteiger partial charge in [0.2, 0.25) is 0 Å². The number of nitrogens with zero attached hydrogens (tertiary/aromatic N) is 3. The van der Waals surface area contributed by atoms with Gasteiger partial charge in [0.15, 0.2) is 0 Å². The van der Waals surface area contributed by atoms with Crippen LogP contribution in [0.5, 0.6) is 0 Å². The third-order valence-electron chi connectivity index (χ3n) is 3.92. The van der Waals surface area contributed by atoms with Crippen molar-refractivity contribution < 1.29 is 0 Å². The van der Waals surface area contributed by atoms with E-state index < -0.39 is 0 Å². The number of likely N-dealkylation sites (N-methyl/N-ethyl adjacent to an activating group) is 2. The molecule has 0 saturated carbocycles. The molecule has 19 heavy (non-hydrogen) atoms. The zero-order valence-electron chi connectivity index (χ0n) is 13.0. The summed E-state index contributed by atoms with van der Waals surface area (Å²) < 4.78 is 0. The maximum Gasteiger partial charge on any atom is 0.0967 e. The molecular formula is C15H30N4. The standard InChI is InChI=1S/C15H30N4/c1-5-19-9-6-7-15(19)12-18(4)10-8-14(11-16)17-13(2)3/h13-15,17H,5-10,12H2,1-4H3. The second-order valence-electron chi connectivity index (χ2n) is 5.98. The van der Waals surface area contributed by atoms with Gasteiger partial charge in [-0.25, -0.2) is 0 Å². The van der Waals surface area contributed by atoms with Crippen LogP contribution in [0.1, 0.15) is 40.0 Å². The second-order valence-corrected chi connectivity index (χ2v) is 5.98. The molecule has 4 heteroatoms. The van der Waals surface area contributed by atoms with E-state index >= 15 is 0 Å². The van der Waals surface area contributed by atoms with E-state index in [1.807, 2.05) is 0 Å². The van der Waals surface area contributed by atoms with Gasteiger partial charge in [0.1, 0.15) is 0 Å². The maximum absolute atomic E-state index is 9.11. The SMILES string of the molecule is CCN1CCCC1CN(C)CCC(C#N)NC(C)C. The lowest BCUT2D eigenvalue weighted by Gasteiger charge is -2.28. The van der Waals surface area contributed by atoms with Crippen molar-refractivity contribution in [3.8, 4) is 6.07 Å². The summed E-state index contributed by atoms with van der Waals surface area (Å²) in [5.74, 6) is 0. The van der Waals surface area contributed by atoms with Gasteiger partial charge in [-0.05, 0) is 53.2 Å². The lowest BCUT2D eigenvalue weighted by molar-refractivity contribution is 0.195. The number of likely N-dealkylation sites (tertiary alicyclic amines) is 1. The molecule has 0 spiro atoms. The molecule has 0 aromatic heterocycles. The third-order valence-corrected chi connectivity index (χ3v) is 3.92. The molecule has 110 valence electrons. The van der Waals surface area contributed by atoms with Gasteiger partial charge in [-0.2, -0.15) is 5.26 Å². The Balaban J connectivity index is 2.27. The van der Waals surface area contributed by atoms with Crippen molar-refractivity contribution >= 4 is 0 Å². The Morgan fingerprint density at radius 1 is 1.47 bits per heavy atom. The largest absolute Gasteiger partial charge is 0.305 e. The molecular weight excluding hydrogens is 236 g/mol. The topological polar surface area (TPSA) is 42.3 Å². The summed E-state index contributed by atoms with van der Waals surface area (Å²) in [7, 11) is 2.18. The van der Waals surface area contributed by atoms with Crippen LogP contribution < -0.4 is 5.32 Å². The zero-order valence-corrected chi connectivity index (χ0v) is 13.0. The van der Waals surface area contributed by atoms with Gasteiger partial charge in [-0.1, -0.05) is 6.92 Å². The van der Waals surface area contributed by atoms with E-state index in [0.29, 0.717) is 12.1 Å². The monoisotopic (exact) mass is 266 g/mol. The molecule has 0 aliphatic carbocycles. The fourth-order valence-electron chi connectivity index (χ4n) is 2.91. The predicted molar refractivity (Wildman–Crippen MR) is 80.1 cm³/mol. The minimum absolute atomic E-state index is 0.0201. The van der Waals surface area contributed by atoms with Crippen LogP contribution in [-0.4, -0.2) is 61.2 Å². The Morgan fingerprint density at radius 3 is 2.79 bits per heavy atom. The lowest BCUT2D eigenvalue weighted by Crippen LogP contribution is -2.41. The number of hydrogen-bond donors (Lipinski definition) is 1. The van der Waals surface area contributed by atoms with Crippen LogP contribution in [0.4, 0.5) is 0 Å². The number of rotatable bonds is 8. The summed E-state index contributed by atoms with van der Waals surface area (Å²) in [5.41, 5.74) is 0. The molecule has 1 rings (SSSR count). The predicted octanol–water partition coefficient (Wildman–Crippen LogP) is 1.68. The van der Waals surface area contributed by atoms with Crippen molar-refractivity contribution in [3.05, 3.63) is 0 Å². The molecule has 0 radical (unpaired) electrons. The van der Waals surface area contributed by atoms with Crippen LogP contribution in [0.2, 0.25) is 0 Å². The first-order valence-corrected chi connectivity index (χ1v) is 7.65. The summed E-state index contributed by atoms with van der Waals surface area (Å²) in [6, 6.07) is 3.43. The fourth-order valence-corrected chi connectivity index (χ4v) is 2.91. The van der Waals surface area contributed by atoms with Gasteiger partial charge in [-0.15, -0.1) is 0 Å². The lowest BCUT2D eigenvalue weighted by atomic mass is 10.1. The highest BCUT2D eigenvalue weighted by molar-refractivity contribution is 4.91. The van der Waals surface area contributed by atoms with Crippen molar-refractivity contribution in [1.82, 2.24) is 15.1 Å². The molecule has 4 nitrogen and oxygen atoms in total. The minimum Gasteiger partial charge on any atom is -0.305 e. The molecule has 2 unspecified atom stereocenters. The summed E-state index contributed by atoms with van der Waals surface area (Å²) >= 11 is 0. The van der Waals surface area contributed by atoms with Crippen molar-refractivity contribution in [2.75, 3.05) is 33.2 Å². The number of nitriles is 1. The Kier molecular flexibility index (Phi) is 7.37. The second kappa shape index (κ2) is 8.52. The molecule has 1 saturated heterocycles. The van der Waals surface area contributed by atoms with Gasteiger partial charge < -0.3 is 4.90 Å². The highest BCUT2D eigenvalue weighted by Gasteiger charge is 2.24. The minimum atomic E-state index is -0.0201. The summed E-state index contributed by atoms with van der Waals surface area (Å²) in [4.78, 5) is 4.95. The summed E-state index contributed by atoms with van der Waals surface area (Å²) in [5, 5.41) is 12.4. The van der Waals surface area contributed by atoms with Gasteiger partial charge in [-0.3, -0.25) is 10.2 Å². The van der Waals surface area contributed by atoms with Crippen LogP contribution in [-0.2, 0) is 0 Å². The Labute approximate surface area is 118 Å². The van der Waals surface area contributed by atoms with Crippen molar-refractivity contribution in [1.29, 1.82) is 5.26 Å². The summed E-state index contributed by atoms with van der Waals surface area (Å²) in [6.45, 7) is 11.0. The number of nitrogens with one attached hydrogen (secondary N) is 1. The molecule has 1 aliphatic heterocycles. The molecule has 0 amide bonds. The molecule has 1 heterocycles. The van der Waals surface area contributed by atoms with Crippen LogP contribution in [0, 0.1) is 11.3 Å². The van der Waals surface area contributed by atoms with E-state index in [2.05, 4.69) is 49.0 Å². The van der Waals surface area contributed by atoms with Crippen LogP contribution in [0.15, 0.2) is 0 Å². The average Bonchev–Trinajstić information content (AvgIpc) is 2.81. The molecule has 1 fully saturated rings. The quantitative estimate of drug-likeness (QED) is 0.726. The van der Waals surface area contributed by atoms with E-state index in [-0.39, 0.29) is 6.04 Å². The van der Waals surface area contributed by atoms with Crippen LogP contribution >= 0.6 is 0 Å². The van der Waals surface area contributed by atoms with E-state index in [1.54, 1.807) is 0 Å². The molecule has 1 N–H and O–H groups in total. The smallest absolute Gasteiger partial charge is 0.0967 e. The van der Waals surface area contributed by atoms with Crippen molar-refractivity contribution in [3.63, 3.8) is 0 Å². The van der Waals surface area contributed by atoms with E-state index in [4.69, 9.17) is 5.26 Å². The van der Waals surface area contributed by atoms with E-state index in [0.717, 1.165) is 26.1 Å². The molecule has 1 aliphatic rings. The molecule has 0 aromatic rings. The normalized spacial score (nSPS) is 22.1. The first kappa shape index (κ1) is 16.4. The summed E-state index contributed by atoms with van der Waals surface area (Å²) in [6.07, 6.45) is 3.57. The highest BCUT2D eigenvalue weighted by Crippen LogP contribution is 2.17. The molecule has 0 bridgehead atoms. The number of hydrogen-bond acceptors (Lipinski definition) is 4. The van der Waals surface area contributed by atoms with Crippen molar-refractivity contribution in [2.24, 2.45) is 0 Å². The Morgan fingerprint density at radius 2 is 2.21 bits per heavy atom. The molecule has 0 aromatic carbocycles. The fraction of sp³-hybridized carbons (Fsp3) is 0.933. The zero-order chi connectivity index (χ0) is 14.3. The van der Waals surface area contributed by atoms with Crippen LogP contribution in [0.3, 0.4) is 0 Å². The van der Waals surface area contributed by atoms with Gasteiger partial charge >= 0.3 is 0 Å². The van der Waals surface area contributed by atoms with E-state index in [9.17, 15) is 0 Å². The first-order chi connectivity index (χ1) is 9.06. The highest BCUT2D eigenvalue weighted by atomic mass is 15.2. The Hall–Kier alpha value is -0.630. The molecule has 2 atom stereocenters. The first-order valence-electron chi connectivity index (χ1n) is 7.65. The van der Waals surface area contributed by atoms with Crippen molar-refractivity contribution in [2.45, 2.75) is 58.2 Å². The van der Waals surface area contributed by atoms with Crippen LogP contribution in [0.25, 0.3) is 0 Å². The Bertz CT molecular complexity index is 284. The average molecular weight is 266 g/mol. The van der Waals surface area contributed by atoms with Gasteiger partial charge in [0, 0.05) is 25.2 Å². The van der Waals surface area contributed by atoms with Gasteiger partial charge in [0.05, 0.1) is 12.1 Å². The van der Waals surface area contributed by atoms with E-state index in [1.165, 1.54) is 19.4 Å². The maximum atomic E-state index is 9.11. The van der Waals surface area contributed by atoms with Gasteiger partial charge in [0.25, 0.3) is 0 Å².